The predicted molar refractivity (Wildman–Crippen MR) is 109 cm³/mol. The summed E-state index contributed by atoms with van der Waals surface area (Å²) in [6.07, 6.45) is 1.99. The van der Waals surface area contributed by atoms with Crippen LogP contribution < -0.4 is 10.1 Å². The lowest BCUT2D eigenvalue weighted by Crippen LogP contribution is -2.43. The summed E-state index contributed by atoms with van der Waals surface area (Å²) in [6.45, 7) is 4.70. The van der Waals surface area contributed by atoms with Crippen molar-refractivity contribution in [3.05, 3.63) is 64.7 Å². The van der Waals surface area contributed by atoms with E-state index in [1.807, 2.05) is 43.3 Å². The van der Waals surface area contributed by atoms with Crippen LogP contribution >= 0.6 is 11.6 Å². The second-order valence-corrected chi connectivity index (χ2v) is 7.64. The molecule has 5 heteroatoms. The monoisotopic (exact) mass is 386 g/mol. The van der Waals surface area contributed by atoms with Crippen molar-refractivity contribution in [2.75, 3.05) is 20.2 Å². The third-order valence-corrected chi connectivity index (χ3v) is 5.42. The zero-order valence-corrected chi connectivity index (χ0v) is 16.7. The van der Waals surface area contributed by atoms with Gasteiger partial charge in [0.2, 0.25) is 5.91 Å². The fourth-order valence-corrected chi connectivity index (χ4v) is 3.69. The lowest BCUT2D eigenvalue weighted by molar-refractivity contribution is -0.127. The molecule has 0 spiro atoms. The smallest absolute Gasteiger partial charge is 0.224 e. The maximum absolute atomic E-state index is 12.8. The first kappa shape index (κ1) is 19.7. The number of nitrogens with zero attached hydrogens (tertiary/aromatic N) is 1. The van der Waals surface area contributed by atoms with E-state index in [4.69, 9.17) is 16.3 Å². The van der Waals surface area contributed by atoms with Crippen molar-refractivity contribution in [1.82, 2.24) is 10.2 Å². The quantitative estimate of drug-likeness (QED) is 0.798. The molecule has 0 aliphatic carbocycles. The molecule has 0 saturated carbocycles. The number of ether oxygens (including phenoxy) is 1. The molecule has 0 aromatic heterocycles. The van der Waals surface area contributed by atoms with Gasteiger partial charge in [-0.3, -0.25) is 9.69 Å². The van der Waals surface area contributed by atoms with Crippen LogP contribution in [0.1, 0.15) is 36.9 Å². The van der Waals surface area contributed by atoms with Gasteiger partial charge in [-0.05, 0) is 61.7 Å². The van der Waals surface area contributed by atoms with Crippen LogP contribution in [0, 0.1) is 5.92 Å². The third-order valence-electron chi connectivity index (χ3n) is 5.17. The highest BCUT2D eigenvalue weighted by Crippen LogP contribution is 2.22. The average Bonchev–Trinajstić information content (AvgIpc) is 2.70. The summed E-state index contributed by atoms with van der Waals surface area (Å²) in [7, 11) is 1.65. The number of carbonyl (C=O) groups is 1. The molecule has 1 aliphatic rings. The Morgan fingerprint density at radius 1 is 1.22 bits per heavy atom. The van der Waals surface area contributed by atoms with Crippen LogP contribution in [0.4, 0.5) is 0 Å². The molecule has 0 unspecified atom stereocenters. The van der Waals surface area contributed by atoms with E-state index < -0.39 is 0 Å². The molecular weight excluding hydrogens is 360 g/mol. The molecule has 1 amide bonds. The molecule has 1 fully saturated rings. The number of rotatable bonds is 6. The normalized spacial score (nSPS) is 18.7. The fourth-order valence-electron chi connectivity index (χ4n) is 3.57. The first-order valence-corrected chi connectivity index (χ1v) is 9.84. The lowest BCUT2D eigenvalue weighted by atomic mass is 9.96. The van der Waals surface area contributed by atoms with Gasteiger partial charge >= 0.3 is 0 Å². The molecule has 0 radical (unpaired) electrons. The molecule has 27 heavy (non-hydrogen) atoms. The Balaban J connectivity index is 1.54. The van der Waals surface area contributed by atoms with Crippen molar-refractivity contribution in [1.29, 1.82) is 0 Å². The summed E-state index contributed by atoms with van der Waals surface area (Å²) >= 11 is 5.96. The molecule has 2 aromatic carbocycles. The molecule has 1 N–H and O–H groups in total. The Bertz CT molecular complexity index is 746. The minimum Gasteiger partial charge on any atom is -0.497 e. The summed E-state index contributed by atoms with van der Waals surface area (Å²) < 4.78 is 5.19. The van der Waals surface area contributed by atoms with E-state index in [0.29, 0.717) is 0 Å². The Kier molecular flexibility index (Phi) is 6.75. The van der Waals surface area contributed by atoms with Gasteiger partial charge < -0.3 is 10.1 Å². The second-order valence-electron chi connectivity index (χ2n) is 7.20. The summed E-state index contributed by atoms with van der Waals surface area (Å²) in [5, 5.41) is 3.92. The number of halogens is 1. The van der Waals surface area contributed by atoms with Crippen molar-refractivity contribution < 1.29 is 9.53 Å². The highest BCUT2D eigenvalue weighted by atomic mass is 35.5. The average molecular weight is 387 g/mol. The summed E-state index contributed by atoms with van der Waals surface area (Å²) in [5.41, 5.74) is 2.31. The first-order chi connectivity index (χ1) is 13.0. The van der Waals surface area contributed by atoms with E-state index in [9.17, 15) is 4.79 Å². The zero-order chi connectivity index (χ0) is 19.2. The van der Waals surface area contributed by atoms with Gasteiger partial charge in [-0.1, -0.05) is 35.9 Å². The van der Waals surface area contributed by atoms with Gasteiger partial charge in [0.1, 0.15) is 5.75 Å². The van der Waals surface area contributed by atoms with Gasteiger partial charge in [0.05, 0.1) is 19.1 Å². The van der Waals surface area contributed by atoms with Crippen LogP contribution in [0.2, 0.25) is 5.02 Å². The Morgan fingerprint density at radius 3 is 2.59 bits per heavy atom. The molecule has 3 rings (SSSR count). The third kappa shape index (κ3) is 5.47. The van der Waals surface area contributed by atoms with Gasteiger partial charge in [-0.25, -0.2) is 0 Å². The summed E-state index contributed by atoms with van der Waals surface area (Å²) in [6, 6.07) is 15.8. The van der Waals surface area contributed by atoms with E-state index in [0.717, 1.165) is 48.8 Å². The van der Waals surface area contributed by atoms with Gasteiger partial charge in [0.25, 0.3) is 0 Å². The molecule has 4 nitrogen and oxygen atoms in total. The standard InChI is InChI=1S/C22H27ClN2O2/c1-16(18-7-11-21(27-2)12-8-18)24-22(26)19-4-3-13-25(15-19)14-17-5-9-20(23)10-6-17/h5-12,16,19H,3-4,13-15H2,1-2H3,(H,24,26)/t16-,19-/m1/s1. The molecule has 1 heterocycles. The highest BCUT2D eigenvalue weighted by molar-refractivity contribution is 6.30. The minimum atomic E-state index is -0.0185. The number of benzene rings is 2. The van der Waals surface area contributed by atoms with Crippen molar-refractivity contribution >= 4 is 17.5 Å². The van der Waals surface area contributed by atoms with E-state index in [1.54, 1.807) is 7.11 Å². The predicted octanol–water partition coefficient (Wildman–Crippen LogP) is 4.44. The molecule has 2 aromatic rings. The maximum Gasteiger partial charge on any atom is 0.224 e. The number of likely N-dealkylation sites (tertiary alicyclic amines) is 1. The van der Waals surface area contributed by atoms with Crippen LogP contribution in [-0.2, 0) is 11.3 Å². The molecule has 144 valence electrons. The van der Waals surface area contributed by atoms with Crippen molar-refractivity contribution in [3.63, 3.8) is 0 Å². The van der Waals surface area contributed by atoms with Gasteiger partial charge in [0.15, 0.2) is 0 Å². The van der Waals surface area contributed by atoms with Crippen LogP contribution in [0.3, 0.4) is 0 Å². The van der Waals surface area contributed by atoms with E-state index in [2.05, 4.69) is 22.3 Å². The molecular formula is C22H27ClN2O2. The van der Waals surface area contributed by atoms with E-state index in [1.165, 1.54) is 5.56 Å². The fraction of sp³-hybridized carbons (Fsp3) is 0.409. The summed E-state index contributed by atoms with van der Waals surface area (Å²) in [4.78, 5) is 15.1. The topological polar surface area (TPSA) is 41.6 Å². The van der Waals surface area contributed by atoms with Crippen LogP contribution in [0.25, 0.3) is 0 Å². The van der Waals surface area contributed by atoms with Gasteiger partial charge in [-0.15, -0.1) is 0 Å². The van der Waals surface area contributed by atoms with E-state index >= 15 is 0 Å². The van der Waals surface area contributed by atoms with Gasteiger partial charge in [0, 0.05) is 18.1 Å². The SMILES string of the molecule is COc1ccc([C@@H](C)NC(=O)[C@@H]2CCCN(Cc3ccc(Cl)cc3)C2)cc1. The molecule has 1 aliphatic heterocycles. The Hall–Kier alpha value is -2.04. The van der Waals surface area contributed by atoms with Crippen LogP contribution in [0.5, 0.6) is 5.75 Å². The second kappa shape index (κ2) is 9.25. The number of hydrogen-bond acceptors (Lipinski definition) is 3. The van der Waals surface area contributed by atoms with Crippen molar-refractivity contribution in [2.45, 2.75) is 32.4 Å². The minimum absolute atomic E-state index is 0.0185. The number of carbonyl (C=O) groups excluding carboxylic acids is 1. The van der Waals surface area contributed by atoms with Crippen molar-refractivity contribution in [2.24, 2.45) is 5.92 Å². The lowest BCUT2D eigenvalue weighted by Gasteiger charge is -2.32. The van der Waals surface area contributed by atoms with Gasteiger partial charge in [-0.2, -0.15) is 0 Å². The van der Waals surface area contributed by atoms with Crippen molar-refractivity contribution in [3.8, 4) is 5.75 Å². The van der Waals surface area contributed by atoms with E-state index in [-0.39, 0.29) is 17.9 Å². The Morgan fingerprint density at radius 2 is 1.93 bits per heavy atom. The number of methoxy groups -OCH3 is 1. The molecule has 0 bridgehead atoms. The molecule has 1 saturated heterocycles. The Labute approximate surface area is 166 Å². The van der Waals surface area contributed by atoms with Crippen LogP contribution in [0.15, 0.2) is 48.5 Å². The number of nitrogens with one attached hydrogen (secondary N) is 1. The molecule has 2 atom stereocenters. The summed E-state index contributed by atoms with van der Waals surface area (Å²) in [5.74, 6) is 0.994. The number of hydrogen-bond donors (Lipinski definition) is 1. The number of amides is 1. The highest BCUT2D eigenvalue weighted by Gasteiger charge is 2.26. The number of piperidine rings is 1. The largest absolute Gasteiger partial charge is 0.497 e. The zero-order valence-electron chi connectivity index (χ0n) is 16.0. The maximum atomic E-state index is 12.8. The van der Waals surface area contributed by atoms with Crippen LogP contribution in [-0.4, -0.2) is 31.0 Å². The first-order valence-electron chi connectivity index (χ1n) is 9.46.